The van der Waals surface area contributed by atoms with Gasteiger partial charge in [0.15, 0.2) is 0 Å². The van der Waals surface area contributed by atoms with Crippen molar-refractivity contribution in [3.05, 3.63) is 35.9 Å². The Balaban J connectivity index is 1.32. The number of carbonyl (C=O) groups excluding carboxylic acids is 1. The lowest BCUT2D eigenvalue weighted by molar-refractivity contribution is -0.122. The van der Waals surface area contributed by atoms with Crippen molar-refractivity contribution in [1.29, 1.82) is 0 Å². The summed E-state index contributed by atoms with van der Waals surface area (Å²) in [6.45, 7) is 6.12. The summed E-state index contributed by atoms with van der Waals surface area (Å²) in [5, 5.41) is 3.07. The van der Waals surface area contributed by atoms with Crippen molar-refractivity contribution in [2.45, 2.75) is 38.1 Å². The molecule has 0 unspecified atom stereocenters. The molecular formula is C21H33N3O2. The van der Waals surface area contributed by atoms with Crippen LogP contribution in [0.1, 0.15) is 31.2 Å². The van der Waals surface area contributed by atoms with Crippen LogP contribution >= 0.6 is 0 Å². The molecule has 3 rings (SSSR count). The zero-order chi connectivity index (χ0) is 18.2. The van der Waals surface area contributed by atoms with E-state index in [1.165, 1.54) is 19.4 Å². The smallest absolute Gasteiger partial charge is 0.237 e. The van der Waals surface area contributed by atoms with E-state index in [0.29, 0.717) is 12.3 Å². The van der Waals surface area contributed by atoms with Crippen LogP contribution in [-0.2, 0) is 16.0 Å². The van der Waals surface area contributed by atoms with Crippen molar-refractivity contribution >= 4 is 5.91 Å². The average molecular weight is 360 g/mol. The third-order valence-corrected chi connectivity index (χ3v) is 5.76. The molecule has 1 aromatic rings. The molecule has 26 heavy (non-hydrogen) atoms. The molecular weight excluding hydrogens is 326 g/mol. The Morgan fingerprint density at radius 1 is 1.12 bits per heavy atom. The Bertz CT molecular complexity index is 537. The molecule has 144 valence electrons. The quantitative estimate of drug-likeness (QED) is 0.779. The van der Waals surface area contributed by atoms with Crippen molar-refractivity contribution < 1.29 is 9.53 Å². The molecule has 2 saturated heterocycles. The molecule has 0 radical (unpaired) electrons. The summed E-state index contributed by atoms with van der Waals surface area (Å²) in [6.07, 6.45) is 5.33. The van der Waals surface area contributed by atoms with E-state index in [-0.39, 0.29) is 5.91 Å². The van der Waals surface area contributed by atoms with Gasteiger partial charge in [0.05, 0.1) is 6.04 Å². The maximum absolute atomic E-state index is 12.3. The van der Waals surface area contributed by atoms with Crippen molar-refractivity contribution in [2.75, 3.05) is 39.4 Å². The number of nitrogens with two attached hydrogens (primary N) is 1. The van der Waals surface area contributed by atoms with Crippen LogP contribution in [0.5, 0.6) is 0 Å². The fourth-order valence-electron chi connectivity index (χ4n) is 4.00. The van der Waals surface area contributed by atoms with Crippen LogP contribution in [0, 0.1) is 11.8 Å². The number of likely N-dealkylation sites (tertiary alicyclic amines) is 1. The van der Waals surface area contributed by atoms with Crippen LogP contribution in [0.4, 0.5) is 0 Å². The number of carbonyl (C=O) groups is 1. The van der Waals surface area contributed by atoms with Crippen LogP contribution in [0.25, 0.3) is 0 Å². The van der Waals surface area contributed by atoms with Crippen molar-refractivity contribution in [3.8, 4) is 0 Å². The van der Waals surface area contributed by atoms with Gasteiger partial charge in [0, 0.05) is 26.3 Å². The fourth-order valence-corrected chi connectivity index (χ4v) is 4.00. The molecule has 2 aliphatic heterocycles. The predicted octanol–water partition coefficient (Wildman–Crippen LogP) is 1.81. The van der Waals surface area contributed by atoms with Crippen LogP contribution in [0.2, 0.25) is 0 Å². The third kappa shape index (κ3) is 6.08. The molecule has 2 aliphatic rings. The first-order chi connectivity index (χ1) is 12.7. The highest BCUT2D eigenvalue weighted by Gasteiger charge is 2.24. The van der Waals surface area contributed by atoms with Gasteiger partial charge in [0.25, 0.3) is 0 Å². The SMILES string of the molecule is N[C@H](Cc1ccccc1)C(=O)NCC1CCN(CC2CCOCC2)CC1. The van der Waals surface area contributed by atoms with Gasteiger partial charge in [-0.2, -0.15) is 0 Å². The number of benzene rings is 1. The minimum absolute atomic E-state index is 0.0292. The summed E-state index contributed by atoms with van der Waals surface area (Å²) >= 11 is 0. The number of ether oxygens (including phenoxy) is 1. The van der Waals surface area contributed by atoms with Gasteiger partial charge in [-0.05, 0) is 62.6 Å². The topological polar surface area (TPSA) is 67.6 Å². The highest BCUT2D eigenvalue weighted by Crippen LogP contribution is 2.21. The summed E-state index contributed by atoms with van der Waals surface area (Å²) < 4.78 is 5.45. The number of hydrogen-bond acceptors (Lipinski definition) is 4. The first-order valence-corrected chi connectivity index (χ1v) is 10.1. The summed E-state index contributed by atoms with van der Waals surface area (Å²) in [7, 11) is 0. The second-order valence-electron chi connectivity index (χ2n) is 7.84. The maximum atomic E-state index is 12.3. The molecule has 3 N–H and O–H groups in total. The van der Waals surface area contributed by atoms with Crippen molar-refractivity contribution in [2.24, 2.45) is 17.6 Å². The van der Waals surface area contributed by atoms with Gasteiger partial charge in [-0.25, -0.2) is 0 Å². The molecule has 0 bridgehead atoms. The normalized spacial score (nSPS) is 21.4. The Kier molecular flexibility index (Phi) is 7.47. The summed E-state index contributed by atoms with van der Waals surface area (Å²) in [5.74, 6) is 1.35. The lowest BCUT2D eigenvalue weighted by Gasteiger charge is -2.35. The number of nitrogens with one attached hydrogen (secondary N) is 1. The Morgan fingerprint density at radius 2 is 1.81 bits per heavy atom. The molecule has 1 aromatic carbocycles. The van der Waals surface area contributed by atoms with E-state index in [2.05, 4.69) is 10.2 Å². The van der Waals surface area contributed by atoms with E-state index >= 15 is 0 Å². The van der Waals surface area contributed by atoms with E-state index in [9.17, 15) is 4.79 Å². The standard InChI is InChI=1S/C21H33N3O2/c22-20(14-17-4-2-1-3-5-17)21(25)23-15-18-6-10-24(11-7-18)16-19-8-12-26-13-9-19/h1-5,18-20H,6-16,22H2,(H,23,25)/t20-/m1/s1. The number of amides is 1. The highest BCUT2D eigenvalue weighted by molar-refractivity contribution is 5.81. The first-order valence-electron chi connectivity index (χ1n) is 10.1. The zero-order valence-electron chi connectivity index (χ0n) is 15.7. The second-order valence-corrected chi connectivity index (χ2v) is 7.84. The predicted molar refractivity (Wildman–Crippen MR) is 104 cm³/mol. The number of rotatable bonds is 7. The molecule has 2 heterocycles. The molecule has 0 aromatic heterocycles. The van der Waals surface area contributed by atoms with Crippen LogP contribution in [0.15, 0.2) is 30.3 Å². The van der Waals surface area contributed by atoms with Gasteiger partial charge in [-0.1, -0.05) is 30.3 Å². The molecule has 0 spiro atoms. The summed E-state index contributed by atoms with van der Waals surface area (Å²) in [6, 6.07) is 9.50. The van der Waals surface area contributed by atoms with Crippen LogP contribution in [-0.4, -0.2) is 56.2 Å². The van der Waals surface area contributed by atoms with Gasteiger partial charge < -0.3 is 20.7 Å². The Labute approximate surface area is 157 Å². The van der Waals surface area contributed by atoms with Gasteiger partial charge >= 0.3 is 0 Å². The second kappa shape index (κ2) is 10.0. The summed E-state index contributed by atoms with van der Waals surface area (Å²) in [5.41, 5.74) is 7.17. The monoisotopic (exact) mass is 359 g/mol. The minimum Gasteiger partial charge on any atom is -0.381 e. The minimum atomic E-state index is -0.467. The molecule has 1 amide bonds. The van der Waals surface area contributed by atoms with Crippen LogP contribution < -0.4 is 11.1 Å². The van der Waals surface area contributed by atoms with E-state index < -0.39 is 6.04 Å². The molecule has 1 atom stereocenters. The number of hydrogen-bond donors (Lipinski definition) is 2. The average Bonchev–Trinajstić information content (AvgIpc) is 2.69. The van der Waals surface area contributed by atoms with Crippen LogP contribution in [0.3, 0.4) is 0 Å². The van der Waals surface area contributed by atoms with Gasteiger partial charge in [0.2, 0.25) is 5.91 Å². The van der Waals surface area contributed by atoms with E-state index in [4.69, 9.17) is 10.5 Å². The van der Waals surface area contributed by atoms with Gasteiger partial charge in [0.1, 0.15) is 0 Å². The Hall–Kier alpha value is -1.43. The lowest BCUT2D eigenvalue weighted by atomic mass is 9.94. The number of piperidine rings is 1. The maximum Gasteiger partial charge on any atom is 0.237 e. The highest BCUT2D eigenvalue weighted by atomic mass is 16.5. The van der Waals surface area contributed by atoms with Gasteiger partial charge in [-0.3, -0.25) is 4.79 Å². The molecule has 0 saturated carbocycles. The molecule has 2 fully saturated rings. The lowest BCUT2D eigenvalue weighted by Crippen LogP contribution is -2.45. The third-order valence-electron chi connectivity index (χ3n) is 5.76. The largest absolute Gasteiger partial charge is 0.381 e. The van der Waals surface area contributed by atoms with Crippen molar-refractivity contribution in [3.63, 3.8) is 0 Å². The molecule has 5 nitrogen and oxygen atoms in total. The van der Waals surface area contributed by atoms with Gasteiger partial charge in [-0.15, -0.1) is 0 Å². The molecule has 0 aliphatic carbocycles. The van der Waals surface area contributed by atoms with E-state index in [1.54, 1.807) is 0 Å². The molecule has 5 heteroatoms. The van der Waals surface area contributed by atoms with E-state index in [0.717, 1.165) is 57.2 Å². The fraction of sp³-hybridized carbons (Fsp3) is 0.667. The van der Waals surface area contributed by atoms with E-state index in [1.807, 2.05) is 30.3 Å². The Morgan fingerprint density at radius 3 is 2.50 bits per heavy atom. The zero-order valence-corrected chi connectivity index (χ0v) is 15.7. The summed E-state index contributed by atoms with van der Waals surface area (Å²) in [4.78, 5) is 14.9. The number of nitrogens with zero attached hydrogens (tertiary/aromatic N) is 1. The van der Waals surface area contributed by atoms with Crippen molar-refractivity contribution in [1.82, 2.24) is 10.2 Å². The first kappa shape index (κ1) is 19.3.